The Hall–Kier alpha value is -4.20. The molecule has 4 rings (SSSR count). The van der Waals surface area contributed by atoms with Crippen molar-refractivity contribution in [3.05, 3.63) is 82.9 Å². The number of rotatable bonds is 5. The Morgan fingerprint density at radius 2 is 1.94 bits per heavy atom. The third kappa shape index (κ3) is 3.78. The Bertz CT molecular complexity index is 1410. The van der Waals surface area contributed by atoms with Crippen LogP contribution in [0.3, 0.4) is 0 Å². The number of ether oxygens (including phenoxy) is 1. The summed E-state index contributed by atoms with van der Waals surface area (Å²) in [6, 6.07) is 7.84. The fourth-order valence-electron chi connectivity index (χ4n) is 3.53. The van der Waals surface area contributed by atoms with Gasteiger partial charge in [-0.2, -0.15) is 0 Å². The molecule has 0 saturated carbocycles. The van der Waals surface area contributed by atoms with Crippen molar-refractivity contribution in [2.24, 2.45) is 7.05 Å². The number of carbonyl (C=O) groups is 1. The maximum Gasteiger partial charge on any atom is 0.280 e. The quantitative estimate of drug-likeness (QED) is 0.454. The third-order valence-corrected chi connectivity index (χ3v) is 5.02. The van der Waals surface area contributed by atoms with E-state index in [1.54, 1.807) is 45.3 Å². The minimum absolute atomic E-state index is 0.172. The topological polar surface area (TPSA) is 86.4 Å². The van der Waals surface area contributed by atoms with Crippen LogP contribution in [0.2, 0.25) is 0 Å². The van der Waals surface area contributed by atoms with E-state index in [2.05, 4.69) is 16.9 Å². The van der Waals surface area contributed by atoms with Crippen molar-refractivity contribution >= 4 is 22.7 Å². The Kier molecular flexibility index (Phi) is 5.36. The molecule has 0 radical (unpaired) electrons. The summed E-state index contributed by atoms with van der Waals surface area (Å²) in [5, 5.41) is 2.71. The molecule has 0 bridgehead atoms. The molecule has 2 aromatic carbocycles. The number of aromatic nitrogens is 2. The highest BCUT2D eigenvalue weighted by atomic mass is 19.1. The van der Waals surface area contributed by atoms with E-state index in [0.717, 1.165) is 6.08 Å². The van der Waals surface area contributed by atoms with E-state index in [-0.39, 0.29) is 28.4 Å². The highest BCUT2D eigenvalue weighted by molar-refractivity contribution is 6.00. The molecule has 0 unspecified atom stereocenters. The molecule has 32 heavy (non-hydrogen) atoms. The second-order valence-electron chi connectivity index (χ2n) is 7.36. The molecule has 2 aromatic heterocycles. The van der Waals surface area contributed by atoms with Crippen LogP contribution in [-0.4, -0.2) is 15.5 Å². The van der Waals surface area contributed by atoms with Gasteiger partial charge in [0.25, 0.3) is 5.56 Å². The predicted molar refractivity (Wildman–Crippen MR) is 119 cm³/mol. The molecular weight excluding hydrogens is 413 g/mol. The second-order valence-corrected chi connectivity index (χ2v) is 7.36. The van der Waals surface area contributed by atoms with Crippen LogP contribution in [0.25, 0.3) is 22.2 Å². The fraction of sp³-hybridized carbons (Fsp3) is 0.125. The van der Waals surface area contributed by atoms with Crippen molar-refractivity contribution in [3.8, 4) is 22.6 Å². The molecule has 0 aliphatic rings. The predicted octanol–water partition coefficient (Wildman–Crippen LogP) is 4.87. The minimum atomic E-state index is -0.375. The molecular formula is C24H20FN3O4. The van der Waals surface area contributed by atoms with E-state index in [0.29, 0.717) is 39.4 Å². The van der Waals surface area contributed by atoms with Crippen LogP contribution in [0.4, 0.5) is 10.1 Å². The molecule has 2 heterocycles. The molecule has 1 N–H and O–H groups in total. The van der Waals surface area contributed by atoms with E-state index in [4.69, 9.17) is 9.15 Å². The van der Waals surface area contributed by atoms with Gasteiger partial charge >= 0.3 is 0 Å². The van der Waals surface area contributed by atoms with E-state index >= 15 is 0 Å². The zero-order chi connectivity index (χ0) is 23.0. The lowest BCUT2D eigenvalue weighted by molar-refractivity contribution is -0.111. The van der Waals surface area contributed by atoms with Gasteiger partial charge in [0.2, 0.25) is 5.91 Å². The van der Waals surface area contributed by atoms with Crippen LogP contribution in [0.5, 0.6) is 11.5 Å². The normalized spacial score (nSPS) is 10.9. The van der Waals surface area contributed by atoms with Crippen LogP contribution in [0.15, 0.2) is 64.8 Å². The number of carbonyl (C=O) groups excluding carboxylic acids is 1. The maximum absolute atomic E-state index is 13.8. The number of oxazole rings is 1. The summed E-state index contributed by atoms with van der Waals surface area (Å²) >= 11 is 0. The monoisotopic (exact) mass is 433 g/mol. The lowest BCUT2D eigenvalue weighted by Gasteiger charge is -2.17. The summed E-state index contributed by atoms with van der Waals surface area (Å²) in [6.07, 6.45) is 3.98. The molecule has 0 spiro atoms. The molecule has 7 nitrogen and oxygen atoms in total. The van der Waals surface area contributed by atoms with E-state index in [1.165, 1.54) is 23.1 Å². The SMILES string of the molecule is C=CC(=O)Nc1ccc(Oc2c(C)cc(F)cc2C)c(-c2cn(C)c(=O)c3ncoc23)c1. The summed E-state index contributed by atoms with van der Waals surface area (Å²) in [5.74, 6) is 0.210. The molecule has 0 aliphatic heterocycles. The van der Waals surface area contributed by atoms with E-state index < -0.39 is 0 Å². The molecule has 0 saturated heterocycles. The van der Waals surface area contributed by atoms with Gasteiger partial charge in [0.1, 0.15) is 17.3 Å². The Labute approximate surface area is 182 Å². The number of aryl methyl sites for hydroxylation is 3. The van der Waals surface area contributed by atoms with Gasteiger partial charge in [-0.05, 0) is 61.4 Å². The average molecular weight is 433 g/mol. The fourth-order valence-corrected chi connectivity index (χ4v) is 3.53. The number of fused-ring (bicyclic) bond motifs is 1. The standard InChI is InChI=1S/C24H20FN3O4/c1-5-20(29)27-16-6-7-19(32-22-13(2)8-15(25)9-14(22)3)17(10-16)18-11-28(4)24(30)21-23(18)31-12-26-21/h5-12H,1H2,2-4H3,(H,27,29). The van der Waals surface area contributed by atoms with Crippen molar-refractivity contribution in [3.63, 3.8) is 0 Å². The molecule has 162 valence electrons. The molecule has 0 aliphatic carbocycles. The number of nitrogens with zero attached hydrogens (tertiary/aromatic N) is 2. The van der Waals surface area contributed by atoms with Crippen molar-refractivity contribution in [1.29, 1.82) is 0 Å². The van der Waals surface area contributed by atoms with Crippen LogP contribution in [0, 0.1) is 19.7 Å². The molecule has 0 fully saturated rings. The average Bonchev–Trinajstić information content (AvgIpc) is 3.24. The van der Waals surface area contributed by atoms with E-state index in [1.807, 2.05) is 0 Å². The highest BCUT2D eigenvalue weighted by Gasteiger charge is 2.19. The first-order valence-electron chi connectivity index (χ1n) is 9.73. The van der Waals surface area contributed by atoms with Crippen LogP contribution >= 0.6 is 0 Å². The van der Waals surface area contributed by atoms with Gasteiger partial charge in [0, 0.05) is 30.1 Å². The molecule has 8 heteroatoms. The number of hydrogen-bond acceptors (Lipinski definition) is 5. The van der Waals surface area contributed by atoms with Crippen LogP contribution in [-0.2, 0) is 11.8 Å². The lowest BCUT2D eigenvalue weighted by Crippen LogP contribution is -2.16. The largest absolute Gasteiger partial charge is 0.456 e. The third-order valence-electron chi connectivity index (χ3n) is 5.02. The zero-order valence-corrected chi connectivity index (χ0v) is 17.7. The van der Waals surface area contributed by atoms with Crippen molar-refractivity contribution < 1.29 is 18.3 Å². The summed E-state index contributed by atoms with van der Waals surface area (Å²) < 4.78 is 26.9. The zero-order valence-electron chi connectivity index (χ0n) is 17.7. The Morgan fingerprint density at radius 3 is 2.62 bits per heavy atom. The number of hydrogen-bond donors (Lipinski definition) is 1. The second kappa shape index (κ2) is 8.14. The Morgan fingerprint density at radius 1 is 1.22 bits per heavy atom. The number of nitrogens with one attached hydrogen (secondary N) is 1. The first-order valence-corrected chi connectivity index (χ1v) is 9.73. The van der Waals surface area contributed by atoms with Gasteiger partial charge < -0.3 is 19.0 Å². The Balaban J connectivity index is 1.94. The number of pyridine rings is 1. The van der Waals surface area contributed by atoms with Crippen molar-refractivity contribution in [2.75, 3.05) is 5.32 Å². The number of benzene rings is 2. The minimum Gasteiger partial charge on any atom is -0.456 e. The van der Waals surface area contributed by atoms with Gasteiger partial charge in [-0.1, -0.05) is 6.58 Å². The summed E-state index contributed by atoms with van der Waals surface area (Å²) in [4.78, 5) is 28.3. The number of amides is 1. The van der Waals surface area contributed by atoms with Gasteiger partial charge in [-0.25, -0.2) is 9.37 Å². The van der Waals surface area contributed by atoms with Gasteiger partial charge in [0.15, 0.2) is 17.5 Å². The maximum atomic E-state index is 13.8. The first-order chi connectivity index (χ1) is 15.3. The summed E-state index contributed by atoms with van der Waals surface area (Å²) in [6.45, 7) is 6.97. The summed E-state index contributed by atoms with van der Waals surface area (Å²) in [5.41, 5.74) is 3.00. The first kappa shape index (κ1) is 21.0. The van der Waals surface area contributed by atoms with Crippen LogP contribution < -0.4 is 15.6 Å². The number of anilines is 1. The van der Waals surface area contributed by atoms with Crippen molar-refractivity contribution in [1.82, 2.24) is 9.55 Å². The lowest BCUT2D eigenvalue weighted by atomic mass is 10.0. The van der Waals surface area contributed by atoms with E-state index in [9.17, 15) is 14.0 Å². The van der Waals surface area contributed by atoms with Gasteiger partial charge in [-0.15, -0.1) is 0 Å². The molecule has 4 aromatic rings. The smallest absolute Gasteiger partial charge is 0.280 e. The highest BCUT2D eigenvalue weighted by Crippen LogP contribution is 2.40. The van der Waals surface area contributed by atoms with Gasteiger partial charge in [-0.3, -0.25) is 9.59 Å². The van der Waals surface area contributed by atoms with Crippen LogP contribution in [0.1, 0.15) is 11.1 Å². The molecule has 0 atom stereocenters. The van der Waals surface area contributed by atoms with Gasteiger partial charge in [0.05, 0.1) is 0 Å². The molecule has 1 amide bonds. The van der Waals surface area contributed by atoms with Crippen molar-refractivity contribution in [2.45, 2.75) is 13.8 Å². The summed E-state index contributed by atoms with van der Waals surface area (Å²) in [7, 11) is 1.61. The number of halogens is 1.